The lowest BCUT2D eigenvalue weighted by molar-refractivity contribution is -0.138. The van der Waals surface area contributed by atoms with Crippen LogP contribution in [0.3, 0.4) is 0 Å². The first-order chi connectivity index (χ1) is 17.3. The molecule has 0 atom stereocenters. The SMILES string of the molecule is CCOC(=O)C1=C(O)/C(=C/c2cc(Cl)c(OCc3ccc(Cl)cc3)c(OCC)c2)SC1=NC(=O)CC. The van der Waals surface area contributed by atoms with Crippen molar-refractivity contribution in [2.45, 2.75) is 33.8 Å². The van der Waals surface area contributed by atoms with Crippen LogP contribution in [-0.4, -0.2) is 35.2 Å². The van der Waals surface area contributed by atoms with Gasteiger partial charge in [0.15, 0.2) is 11.5 Å². The minimum atomic E-state index is -0.757. The highest BCUT2D eigenvalue weighted by Gasteiger charge is 2.33. The van der Waals surface area contributed by atoms with Crippen LogP contribution in [0.1, 0.15) is 38.3 Å². The Morgan fingerprint density at radius 1 is 1.06 bits per heavy atom. The third-order valence-corrected chi connectivity index (χ3v) is 6.38. The van der Waals surface area contributed by atoms with E-state index in [1.165, 1.54) is 0 Å². The van der Waals surface area contributed by atoms with E-state index in [0.29, 0.717) is 38.6 Å². The van der Waals surface area contributed by atoms with E-state index >= 15 is 0 Å². The van der Waals surface area contributed by atoms with Crippen LogP contribution in [0.2, 0.25) is 10.0 Å². The number of aliphatic hydroxyl groups excluding tert-OH is 1. The Morgan fingerprint density at radius 3 is 2.42 bits per heavy atom. The normalized spacial score (nSPS) is 15.5. The summed E-state index contributed by atoms with van der Waals surface area (Å²) < 4.78 is 16.7. The number of hydrogen-bond donors (Lipinski definition) is 1. The van der Waals surface area contributed by atoms with Gasteiger partial charge in [-0.2, -0.15) is 0 Å². The highest BCUT2D eigenvalue weighted by atomic mass is 35.5. The maximum absolute atomic E-state index is 12.4. The van der Waals surface area contributed by atoms with Crippen molar-refractivity contribution < 1.29 is 28.9 Å². The molecule has 3 rings (SSSR count). The van der Waals surface area contributed by atoms with Crippen LogP contribution in [0.15, 0.2) is 57.6 Å². The molecule has 10 heteroatoms. The smallest absolute Gasteiger partial charge is 0.344 e. The molecule has 0 saturated heterocycles. The number of halogens is 2. The van der Waals surface area contributed by atoms with E-state index in [2.05, 4.69) is 4.99 Å². The van der Waals surface area contributed by atoms with Crippen LogP contribution in [-0.2, 0) is 20.9 Å². The van der Waals surface area contributed by atoms with E-state index in [-0.39, 0.29) is 36.0 Å². The van der Waals surface area contributed by atoms with E-state index in [4.69, 9.17) is 37.4 Å². The van der Waals surface area contributed by atoms with E-state index in [1.54, 1.807) is 44.2 Å². The van der Waals surface area contributed by atoms with Crippen molar-refractivity contribution in [2.24, 2.45) is 4.99 Å². The first kappa shape index (κ1) is 27.6. The lowest BCUT2D eigenvalue weighted by atomic mass is 10.1. The Morgan fingerprint density at radius 2 is 1.78 bits per heavy atom. The molecule has 36 heavy (non-hydrogen) atoms. The highest BCUT2D eigenvalue weighted by molar-refractivity contribution is 8.18. The van der Waals surface area contributed by atoms with Gasteiger partial charge in [-0.25, -0.2) is 9.79 Å². The Kier molecular flexibility index (Phi) is 9.87. The fourth-order valence-corrected chi connectivity index (χ4v) is 4.58. The largest absolute Gasteiger partial charge is 0.506 e. The zero-order valence-corrected chi connectivity index (χ0v) is 22.3. The van der Waals surface area contributed by atoms with Gasteiger partial charge in [0.1, 0.15) is 23.0 Å². The molecule has 0 fully saturated rings. The number of carbonyl (C=O) groups excluding carboxylic acids is 2. The average molecular weight is 550 g/mol. The number of nitrogens with zero attached hydrogens (tertiary/aromatic N) is 1. The monoisotopic (exact) mass is 549 g/mol. The number of benzene rings is 2. The topological polar surface area (TPSA) is 94.4 Å². The predicted octanol–water partition coefficient (Wildman–Crippen LogP) is 6.77. The molecule has 0 spiro atoms. The van der Waals surface area contributed by atoms with E-state index < -0.39 is 11.9 Å². The number of aliphatic hydroxyl groups is 1. The van der Waals surface area contributed by atoms with Crippen LogP contribution in [0, 0.1) is 0 Å². The van der Waals surface area contributed by atoms with Crippen LogP contribution < -0.4 is 9.47 Å². The number of esters is 1. The van der Waals surface area contributed by atoms with Gasteiger partial charge in [0.25, 0.3) is 0 Å². The number of rotatable bonds is 9. The molecule has 0 saturated carbocycles. The molecule has 2 aromatic carbocycles. The Hall–Kier alpha value is -2.94. The molecular formula is C26H25Cl2NO6S. The van der Waals surface area contributed by atoms with Crippen molar-refractivity contribution in [2.75, 3.05) is 13.2 Å². The molecule has 1 aliphatic heterocycles. The van der Waals surface area contributed by atoms with Gasteiger partial charge >= 0.3 is 5.97 Å². The molecule has 1 amide bonds. The average Bonchev–Trinajstić information content (AvgIpc) is 3.14. The summed E-state index contributed by atoms with van der Waals surface area (Å²) in [6.07, 6.45) is 1.78. The van der Waals surface area contributed by atoms with Crippen LogP contribution >= 0.6 is 35.0 Å². The fraction of sp³-hybridized carbons (Fsp3) is 0.269. The molecule has 1 N–H and O–H groups in total. The third kappa shape index (κ3) is 6.84. The van der Waals surface area contributed by atoms with Gasteiger partial charge in [-0.15, -0.1) is 0 Å². The second-order valence-electron chi connectivity index (χ2n) is 7.40. The zero-order valence-electron chi connectivity index (χ0n) is 20.0. The van der Waals surface area contributed by atoms with Crippen molar-refractivity contribution in [1.29, 1.82) is 0 Å². The first-order valence-electron chi connectivity index (χ1n) is 11.2. The summed E-state index contributed by atoms with van der Waals surface area (Å²) in [6.45, 7) is 5.88. The highest BCUT2D eigenvalue weighted by Crippen LogP contribution is 2.42. The Labute approximate surface area is 223 Å². The van der Waals surface area contributed by atoms with Gasteiger partial charge < -0.3 is 19.3 Å². The van der Waals surface area contributed by atoms with Crippen molar-refractivity contribution in [3.05, 3.63) is 73.8 Å². The van der Waals surface area contributed by atoms with Crippen molar-refractivity contribution >= 4 is 58.0 Å². The van der Waals surface area contributed by atoms with Gasteiger partial charge in [0, 0.05) is 11.4 Å². The second-order valence-corrected chi connectivity index (χ2v) is 9.27. The van der Waals surface area contributed by atoms with Crippen molar-refractivity contribution in [3.63, 3.8) is 0 Å². The van der Waals surface area contributed by atoms with E-state index in [1.807, 2.05) is 19.1 Å². The molecule has 190 valence electrons. The number of carbonyl (C=O) groups is 2. The number of aliphatic imine (C=N–C) groups is 1. The lowest BCUT2D eigenvalue weighted by Gasteiger charge is -2.15. The third-order valence-electron chi connectivity index (χ3n) is 4.82. The standard InChI is InChI=1S/C26H25Cl2NO6S/c1-4-21(30)29-25-22(26(32)34-6-3)23(31)20(36-25)13-16-11-18(28)24(19(12-16)33-5-2)35-14-15-7-9-17(27)10-8-15/h7-13,31H,4-6,14H2,1-3H3/b20-13-,29-25?. The Balaban J connectivity index is 1.96. The Bertz CT molecular complexity index is 1240. The molecule has 0 unspecified atom stereocenters. The molecular weight excluding hydrogens is 525 g/mol. The zero-order chi connectivity index (χ0) is 26.2. The summed E-state index contributed by atoms with van der Waals surface area (Å²) in [7, 11) is 0. The minimum absolute atomic E-state index is 0.0862. The molecule has 2 aromatic rings. The van der Waals surface area contributed by atoms with E-state index in [0.717, 1.165) is 17.3 Å². The van der Waals surface area contributed by atoms with Gasteiger partial charge in [0.05, 0.1) is 23.1 Å². The van der Waals surface area contributed by atoms with Gasteiger partial charge in [-0.1, -0.05) is 54.0 Å². The van der Waals surface area contributed by atoms with Crippen LogP contribution in [0.5, 0.6) is 11.5 Å². The first-order valence-corrected chi connectivity index (χ1v) is 12.8. The van der Waals surface area contributed by atoms with Crippen molar-refractivity contribution in [3.8, 4) is 11.5 Å². The second kappa shape index (κ2) is 12.9. The maximum Gasteiger partial charge on any atom is 0.344 e. The summed E-state index contributed by atoms with van der Waals surface area (Å²) in [4.78, 5) is 28.6. The number of hydrogen-bond acceptors (Lipinski definition) is 7. The molecule has 0 aromatic heterocycles. The minimum Gasteiger partial charge on any atom is -0.506 e. The summed E-state index contributed by atoms with van der Waals surface area (Å²) in [6, 6.07) is 10.6. The number of thioether (sulfide) groups is 1. The molecule has 0 aliphatic carbocycles. The van der Waals surface area contributed by atoms with Crippen molar-refractivity contribution in [1.82, 2.24) is 0 Å². The molecule has 7 nitrogen and oxygen atoms in total. The quantitative estimate of drug-likeness (QED) is 0.345. The summed E-state index contributed by atoms with van der Waals surface area (Å²) >= 11 is 13.5. The predicted molar refractivity (Wildman–Crippen MR) is 143 cm³/mol. The lowest BCUT2D eigenvalue weighted by Crippen LogP contribution is -2.14. The van der Waals surface area contributed by atoms with Crippen LogP contribution in [0.25, 0.3) is 6.08 Å². The van der Waals surface area contributed by atoms with Gasteiger partial charge in [-0.05, 0) is 55.3 Å². The molecule has 0 bridgehead atoms. The summed E-state index contributed by atoms with van der Waals surface area (Å²) in [5.74, 6) is -0.710. The molecule has 1 heterocycles. The maximum atomic E-state index is 12.4. The molecule has 1 aliphatic rings. The van der Waals surface area contributed by atoms with Gasteiger partial charge in [-0.3, -0.25) is 4.79 Å². The fourth-order valence-electron chi connectivity index (χ4n) is 3.15. The van der Waals surface area contributed by atoms with Crippen LogP contribution in [0.4, 0.5) is 0 Å². The summed E-state index contributed by atoms with van der Waals surface area (Å²) in [5, 5.41) is 11.8. The van der Waals surface area contributed by atoms with Gasteiger partial charge in [0.2, 0.25) is 5.91 Å². The molecule has 0 radical (unpaired) electrons. The summed E-state index contributed by atoms with van der Waals surface area (Å²) in [5.41, 5.74) is 1.35. The number of ether oxygens (including phenoxy) is 3. The number of amides is 1. The van der Waals surface area contributed by atoms with E-state index in [9.17, 15) is 14.7 Å².